The van der Waals surface area contributed by atoms with Crippen LogP contribution in [0.15, 0.2) is 54.1 Å². The van der Waals surface area contributed by atoms with Gasteiger partial charge in [-0.25, -0.2) is 0 Å². The second-order valence-electron chi connectivity index (χ2n) is 7.14. The molecule has 0 aliphatic heterocycles. The van der Waals surface area contributed by atoms with E-state index in [1.807, 2.05) is 26.8 Å². The number of ether oxygens (including phenoxy) is 2. The maximum Gasteiger partial charge on any atom is 0.266 e. The maximum absolute atomic E-state index is 12.4. The number of hydrogen-bond acceptors (Lipinski definition) is 5. The molecule has 0 aliphatic carbocycles. The lowest BCUT2D eigenvalue weighted by Crippen LogP contribution is -2.31. The number of nitrogens with zero attached hydrogens (tertiary/aromatic N) is 1. The molecule has 0 fully saturated rings. The molecule has 2 N–H and O–H groups in total. The van der Waals surface area contributed by atoms with Gasteiger partial charge in [0.1, 0.15) is 23.1 Å². The van der Waals surface area contributed by atoms with E-state index in [1.54, 1.807) is 48.5 Å². The first-order chi connectivity index (χ1) is 14.9. The Hall–Kier alpha value is -3.79. The smallest absolute Gasteiger partial charge is 0.266 e. The zero-order valence-electron chi connectivity index (χ0n) is 18.0. The largest absolute Gasteiger partial charge is 0.494 e. The van der Waals surface area contributed by atoms with Gasteiger partial charge in [-0.1, -0.05) is 26.0 Å². The first-order valence-electron chi connectivity index (χ1n) is 10.1. The van der Waals surface area contributed by atoms with Crippen molar-refractivity contribution < 1.29 is 19.1 Å². The van der Waals surface area contributed by atoms with Gasteiger partial charge in [0, 0.05) is 12.2 Å². The molecule has 2 aromatic carbocycles. The fraction of sp³-hybridized carbons (Fsp3) is 0.292. The van der Waals surface area contributed by atoms with Gasteiger partial charge >= 0.3 is 0 Å². The SMILES string of the molecule is CCOc1ccc(NC(=O)/C(C#N)=C\c2ccc(OCC(=O)NCC(C)C)cc2)cc1. The fourth-order valence-electron chi connectivity index (χ4n) is 2.49. The zero-order chi connectivity index (χ0) is 22.6. The first kappa shape index (κ1) is 23.5. The number of carbonyl (C=O) groups excluding carboxylic acids is 2. The topological polar surface area (TPSA) is 100 Å². The Morgan fingerprint density at radius 3 is 2.23 bits per heavy atom. The number of nitriles is 1. The molecule has 0 unspecified atom stereocenters. The van der Waals surface area contributed by atoms with Crippen LogP contribution in [0.5, 0.6) is 11.5 Å². The molecule has 0 spiro atoms. The van der Waals surface area contributed by atoms with Crippen LogP contribution >= 0.6 is 0 Å². The van der Waals surface area contributed by atoms with Crippen molar-refractivity contribution in [2.45, 2.75) is 20.8 Å². The summed E-state index contributed by atoms with van der Waals surface area (Å²) in [6, 6.07) is 15.6. The van der Waals surface area contributed by atoms with E-state index in [0.29, 0.717) is 41.8 Å². The molecule has 0 saturated heterocycles. The van der Waals surface area contributed by atoms with Gasteiger partial charge in [-0.2, -0.15) is 5.26 Å². The molecule has 2 amide bonds. The van der Waals surface area contributed by atoms with Crippen molar-refractivity contribution >= 4 is 23.6 Å². The van der Waals surface area contributed by atoms with E-state index >= 15 is 0 Å². The second kappa shape index (κ2) is 12.0. The lowest BCUT2D eigenvalue weighted by Gasteiger charge is -2.09. The predicted molar refractivity (Wildman–Crippen MR) is 120 cm³/mol. The number of benzene rings is 2. The van der Waals surface area contributed by atoms with Crippen LogP contribution in [0.2, 0.25) is 0 Å². The molecule has 31 heavy (non-hydrogen) atoms. The van der Waals surface area contributed by atoms with Crippen molar-refractivity contribution in [3.63, 3.8) is 0 Å². The van der Waals surface area contributed by atoms with Crippen molar-refractivity contribution in [3.05, 3.63) is 59.7 Å². The highest BCUT2D eigenvalue weighted by atomic mass is 16.5. The lowest BCUT2D eigenvalue weighted by molar-refractivity contribution is -0.123. The van der Waals surface area contributed by atoms with Gasteiger partial charge in [-0.3, -0.25) is 9.59 Å². The summed E-state index contributed by atoms with van der Waals surface area (Å²) in [7, 11) is 0. The Morgan fingerprint density at radius 1 is 1.03 bits per heavy atom. The highest BCUT2D eigenvalue weighted by molar-refractivity contribution is 6.09. The number of hydrogen-bond donors (Lipinski definition) is 2. The van der Waals surface area contributed by atoms with E-state index in [0.717, 1.165) is 0 Å². The van der Waals surface area contributed by atoms with Crippen molar-refractivity contribution in [3.8, 4) is 17.6 Å². The van der Waals surface area contributed by atoms with Crippen LogP contribution in [0.25, 0.3) is 6.08 Å². The third kappa shape index (κ3) is 8.23. The molecule has 0 aliphatic rings. The lowest BCUT2D eigenvalue weighted by atomic mass is 10.1. The standard InChI is InChI=1S/C24H27N3O4/c1-4-30-21-11-7-20(8-12-21)27-24(29)19(14-25)13-18-5-9-22(10-6-18)31-16-23(28)26-15-17(2)3/h5-13,17H,4,15-16H2,1-3H3,(H,26,28)(H,27,29)/b19-13-. The van der Waals surface area contributed by atoms with Gasteiger partial charge in [0.2, 0.25) is 0 Å². The van der Waals surface area contributed by atoms with Crippen molar-refractivity contribution in [2.24, 2.45) is 5.92 Å². The highest BCUT2D eigenvalue weighted by Crippen LogP contribution is 2.18. The average molecular weight is 421 g/mol. The molecule has 0 heterocycles. The van der Waals surface area contributed by atoms with Gasteiger partial charge in [0.15, 0.2) is 6.61 Å². The van der Waals surface area contributed by atoms with Crippen LogP contribution in [-0.4, -0.2) is 31.6 Å². The van der Waals surface area contributed by atoms with Crippen LogP contribution in [0, 0.1) is 17.2 Å². The summed E-state index contributed by atoms with van der Waals surface area (Å²) >= 11 is 0. The van der Waals surface area contributed by atoms with Gasteiger partial charge in [0.05, 0.1) is 6.61 Å². The zero-order valence-corrected chi connectivity index (χ0v) is 18.0. The number of nitrogens with one attached hydrogen (secondary N) is 2. The third-order valence-electron chi connectivity index (χ3n) is 4.06. The van der Waals surface area contributed by atoms with E-state index in [4.69, 9.17) is 9.47 Å². The molecule has 2 aromatic rings. The Labute approximate surface area is 182 Å². The normalized spacial score (nSPS) is 10.9. The number of rotatable bonds is 10. The summed E-state index contributed by atoms with van der Waals surface area (Å²) in [6.45, 7) is 7.01. The summed E-state index contributed by atoms with van der Waals surface area (Å²) in [5.41, 5.74) is 1.19. The summed E-state index contributed by atoms with van der Waals surface area (Å²) in [5.74, 6) is 0.908. The minimum atomic E-state index is -0.506. The highest BCUT2D eigenvalue weighted by Gasteiger charge is 2.10. The first-order valence-corrected chi connectivity index (χ1v) is 10.1. The molecule has 2 rings (SSSR count). The second-order valence-corrected chi connectivity index (χ2v) is 7.14. The molecule has 162 valence electrons. The van der Waals surface area contributed by atoms with Crippen LogP contribution in [0.3, 0.4) is 0 Å². The third-order valence-corrected chi connectivity index (χ3v) is 4.06. The van der Waals surface area contributed by atoms with Crippen molar-refractivity contribution in [2.75, 3.05) is 25.1 Å². The number of amides is 2. The van der Waals surface area contributed by atoms with Crippen molar-refractivity contribution in [1.29, 1.82) is 5.26 Å². The monoisotopic (exact) mass is 421 g/mol. The van der Waals surface area contributed by atoms with Gasteiger partial charge in [0.25, 0.3) is 11.8 Å². The predicted octanol–water partition coefficient (Wildman–Crippen LogP) is 3.78. The average Bonchev–Trinajstić information content (AvgIpc) is 2.76. The Bertz CT molecular complexity index is 942. The fourth-order valence-corrected chi connectivity index (χ4v) is 2.49. The van der Waals surface area contributed by atoms with Crippen LogP contribution in [0.1, 0.15) is 26.3 Å². The molecule has 0 saturated carbocycles. The Morgan fingerprint density at radius 2 is 1.65 bits per heavy atom. The van der Waals surface area contributed by atoms with E-state index < -0.39 is 5.91 Å². The molecular weight excluding hydrogens is 394 g/mol. The van der Waals surface area contributed by atoms with Crippen LogP contribution in [-0.2, 0) is 9.59 Å². The molecule has 0 bridgehead atoms. The maximum atomic E-state index is 12.4. The number of anilines is 1. The van der Waals surface area contributed by atoms with Crippen LogP contribution in [0.4, 0.5) is 5.69 Å². The Balaban J connectivity index is 1.94. The van der Waals surface area contributed by atoms with Gasteiger partial charge in [-0.05, 0) is 60.9 Å². The quantitative estimate of drug-likeness (QED) is 0.449. The number of carbonyl (C=O) groups is 2. The van der Waals surface area contributed by atoms with Gasteiger partial charge < -0.3 is 20.1 Å². The minimum absolute atomic E-state index is 0.0318. The minimum Gasteiger partial charge on any atom is -0.494 e. The van der Waals surface area contributed by atoms with Crippen LogP contribution < -0.4 is 20.1 Å². The van der Waals surface area contributed by atoms with Gasteiger partial charge in [-0.15, -0.1) is 0 Å². The molecule has 0 atom stereocenters. The molecule has 0 radical (unpaired) electrons. The van der Waals surface area contributed by atoms with Crippen molar-refractivity contribution in [1.82, 2.24) is 5.32 Å². The molecule has 7 heteroatoms. The van der Waals surface area contributed by atoms with E-state index in [2.05, 4.69) is 10.6 Å². The summed E-state index contributed by atoms with van der Waals surface area (Å²) < 4.78 is 10.8. The molecule has 7 nitrogen and oxygen atoms in total. The summed E-state index contributed by atoms with van der Waals surface area (Å²) in [4.78, 5) is 24.1. The summed E-state index contributed by atoms with van der Waals surface area (Å²) in [6.07, 6.45) is 1.49. The molecular formula is C24H27N3O4. The van der Waals surface area contributed by atoms with E-state index in [1.165, 1.54) is 6.08 Å². The Kier molecular flexibility index (Phi) is 9.12. The molecule has 0 aromatic heterocycles. The van der Waals surface area contributed by atoms with E-state index in [-0.39, 0.29) is 18.1 Å². The summed E-state index contributed by atoms with van der Waals surface area (Å²) in [5, 5.41) is 14.8. The van der Waals surface area contributed by atoms with E-state index in [9.17, 15) is 14.9 Å².